The van der Waals surface area contributed by atoms with Crippen LogP contribution in [0.5, 0.6) is 0 Å². The number of rotatable bonds is 5. The Morgan fingerprint density at radius 3 is 2.36 bits per heavy atom. The van der Waals surface area contributed by atoms with Crippen molar-refractivity contribution in [2.75, 3.05) is 0 Å². The Morgan fingerprint density at radius 1 is 1.36 bits per heavy atom. The van der Waals surface area contributed by atoms with Crippen LogP contribution in [0.25, 0.3) is 0 Å². The van der Waals surface area contributed by atoms with Gasteiger partial charge >= 0.3 is 0 Å². The first-order valence-electron chi connectivity index (χ1n) is 5.34. The van der Waals surface area contributed by atoms with Gasteiger partial charge in [0.1, 0.15) is 0 Å². The van der Waals surface area contributed by atoms with Crippen LogP contribution in [-0.4, -0.2) is 0 Å². The first-order valence-corrected chi connectivity index (χ1v) is 5.34. The summed E-state index contributed by atoms with van der Waals surface area (Å²) in [7, 11) is 0. The Balaban J connectivity index is 3.89. The minimum Gasteiger partial charge on any atom is -0.0991 e. The molecule has 0 nitrogen and oxygen atoms in total. The van der Waals surface area contributed by atoms with Crippen molar-refractivity contribution in [3.8, 4) is 0 Å². The lowest BCUT2D eigenvalue weighted by Crippen LogP contribution is -2.17. The van der Waals surface area contributed by atoms with Crippen LogP contribution in [0.15, 0.2) is 37.0 Å². The number of hydrogen-bond donors (Lipinski definition) is 0. The molecule has 0 saturated heterocycles. The van der Waals surface area contributed by atoms with Crippen LogP contribution < -0.4 is 0 Å². The molecule has 0 rings (SSSR count). The molecule has 0 aliphatic heterocycles. The SMILES string of the molecule is C=C/C=C\C(=C)CCC(C)C(C)(C)C. The molecule has 0 aliphatic rings. The van der Waals surface area contributed by atoms with Crippen LogP contribution >= 0.6 is 0 Å². The van der Waals surface area contributed by atoms with E-state index in [2.05, 4.69) is 40.9 Å². The molecule has 0 saturated carbocycles. The summed E-state index contributed by atoms with van der Waals surface area (Å²) in [6.45, 7) is 16.8. The van der Waals surface area contributed by atoms with Crippen molar-refractivity contribution in [2.24, 2.45) is 11.3 Å². The van der Waals surface area contributed by atoms with Gasteiger partial charge in [-0.3, -0.25) is 0 Å². The summed E-state index contributed by atoms with van der Waals surface area (Å²) in [5.74, 6) is 0.733. The first kappa shape index (κ1) is 13.2. The van der Waals surface area contributed by atoms with E-state index in [0.717, 1.165) is 12.3 Å². The molecule has 0 aromatic rings. The smallest absolute Gasteiger partial charge is 0.0282 e. The van der Waals surface area contributed by atoms with Crippen LogP contribution in [0.4, 0.5) is 0 Å². The first-order chi connectivity index (χ1) is 6.38. The highest BCUT2D eigenvalue weighted by Crippen LogP contribution is 2.29. The molecule has 1 atom stereocenters. The van der Waals surface area contributed by atoms with Gasteiger partial charge in [-0.2, -0.15) is 0 Å². The van der Waals surface area contributed by atoms with Crippen molar-refractivity contribution in [2.45, 2.75) is 40.5 Å². The third-order valence-corrected chi connectivity index (χ3v) is 2.84. The summed E-state index contributed by atoms with van der Waals surface area (Å²) in [5, 5.41) is 0. The summed E-state index contributed by atoms with van der Waals surface area (Å²) in [5.41, 5.74) is 1.60. The zero-order chi connectivity index (χ0) is 11.2. The quantitative estimate of drug-likeness (QED) is 0.551. The molecule has 0 heterocycles. The summed E-state index contributed by atoms with van der Waals surface area (Å²) >= 11 is 0. The number of allylic oxidation sites excluding steroid dienone is 4. The van der Waals surface area contributed by atoms with Crippen molar-refractivity contribution in [1.29, 1.82) is 0 Å². The van der Waals surface area contributed by atoms with E-state index in [1.54, 1.807) is 6.08 Å². The third kappa shape index (κ3) is 5.80. The molecule has 0 heteroatoms. The van der Waals surface area contributed by atoms with Gasteiger partial charge in [0, 0.05) is 0 Å². The topological polar surface area (TPSA) is 0 Å². The Labute approximate surface area is 89.4 Å². The highest BCUT2D eigenvalue weighted by atomic mass is 14.2. The minimum atomic E-state index is 0.405. The van der Waals surface area contributed by atoms with Crippen LogP contribution in [-0.2, 0) is 0 Å². The minimum absolute atomic E-state index is 0.405. The molecule has 0 amide bonds. The zero-order valence-electron chi connectivity index (χ0n) is 10.1. The maximum absolute atomic E-state index is 4.01. The van der Waals surface area contributed by atoms with E-state index in [9.17, 15) is 0 Å². The fourth-order valence-electron chi connectivity index (χ4n) is 1.12. The molecular formula is C14H24. The van der Waals surface area contributed by atoms with Crippen LogP contribution in [0.1, 0.15) is 40.5 Å². The normalized spacial score (nSPS) is 14.3. The van der Waals surface area contributed by atoms with E-state index in [-0.39, 0.29) is 0 Å². The summed E-state index contributed by atoms with van der Waals surface area (Å²) in [6.07, 6.45) is 8.08. The van der Waals surface area contributed by atoms with E-state index in [1.165, 1.54) is 12.0 Å². The molecule has 0 bridgehead atoms. The molecule has 80 valence electrons. The van der Waals surface area contributed by atoms with Crippen molar-refractivity contribution < 1.29 is 0 Å². The van der Waals surface area contributed by atoms with Crippen LogP contribution in [0.3, 0.4) is 0 Å². The van der Waals surface area contributed by atoms with Gasteiger partial charge in [0.25, 0.3) is 0 Å². The van der Waals surface area contributed by atoms with Crippen molar-refractivity contribution in [3.63, 3.8) is 0 Å². The largest absolute Gasteiger partial charge is 0.0991 e. The molecule has 0 aromatic carbocycles. The second-order valence-electron chi connectivity index (χ2n) is 5.06. The maximum atomic E-state index is 4.01. The second kappa shape index (κ2) is 5.85. The molecule has 0 spiro atoms. The van der Waals surface area contributed by atoms with Gasteiger partial charge in [-0.25, -0.2) is 0 Å². The van der Waals surface area contributed by atoms with Gasteiger partial charge in [0.15, 0.2) is 0 Å². The van der Waals surface area contributed by atoms with E-state index in [0.29, 0.717) is 5.41 Å². The third-order valence-electron chi connectivity index (χ3n) is 2.84. The maximum Gasteiger partial charge on any atom is -0.0282 e. The van der Waals surface area contributed by atoms with Crippen molar-refractivity contribution >= 4 is 0 Å². The van der Waals surface area contributed by atoms with Gasteiger partial charge in [-0.1, -0.05) is 64.7 Å². The zero-order valence-corrected chi connectivity index (χ0v) is 10.1. The standard InChI is InChI=1S/C14H24/c1-7-8-9-12(2)10-11-13(3)14(4,5)6/h7-9,13H,1-2,10-11H2,3-6H3/b9-8-. The number of hydrogen-bond acceptors (Lipinski definition) is 0. The van der Waals surface area contributed by atoms with E-state index in [1.807, 2.05) is 12.2 Å². The average Bonchev–Trinajstić information content (AvgIpc) is 2.09. The van der Waals surface area contributed by atoms with E-state index in [4.69, 9.17) is 0 Å². The summed E-state index contributed by atoms with van der Waals surface area (Å²) in [6, 6.07) is 0. The Morgan fingerprint density at radius 2 is 1.93 bits per heavy atom. The van der Waals surface area contributed by atoms with E-state index < -0.39 is 0 Å². The predicted molar refractivity (Wildman–Crippen MR) is 66.3 cm³/mol. The predicted octanol–water partition coefficient (Wildman–Crippen LogP) is 4.75. The molecule has 0 radical (unpaired) electrons. The lowest BCUT2D eigenvalue weighted by atomic mass is 9.79. The molecular weight excluding hydrogens is 168 g/mol. The highest BCUT2D eigenvalue weighted by Gasteiger charge is 2.19. The summed E-state index contributed by atoms with van der Waals surface area (Å²) < 4.78 is 0. The van der Waals surface area contributed by atoms with Gasteiger partial charge in [-0.05, 0) is 24.2 Å². The van der Waals surface area contributed by atoms with Gasteiger partial charge < -0.3 is 0 Å². The Bertz CT molecular complexity index is 213. The highest BCUT2D eigenvalue weighted by molar-refractivity contribution is 5.17. The fraction of sp³-hybridized carbons (Fsp3) is 0.571. The molecule has 0 fully saturated rings. The van der Waals surface area contributed by atoms with Gasteiger partial charge in [-0.15, -0.1) is 0 Å². The van der Waals surface area contributed by atoms with E-state index >= 15 is 0 Å². The second-order valence-corrected chi connectivity index (χ2v) is 5.06. The fourth-order valence-corrected chi connectivity index (χ4v) is 1.12. The molecule has 0 N–H and O–H groups in total. The lowest BCUT2D eigenvalue weighted by molar-refractivity contribution is 0.247. The van der Waals surface area contributed by atoms with Crippen LogP contribution in [0, 0.1) is 11.3 Å². The molecule has 1 unspecified atom stereocenters. The Hall–Kier alpha value is -0.780. The molecule has 14 heavy (non-hydrogen) atoms. The monoisotopic (exact) mass is 192 g/mol. The van der Waals surface area contributed by atoms with Crippen molar-refractivity contribution in [1.82, 2.24) is 0 Å². The lowest BCUT2D eigenvalue weighted by Gasteiger charge is -2.27. The van der Waals surface area contributed by atoms with Gasteiger partial charge in [0.05, 0.1) is 0 Å². The van der Waals surface area contributed by atoms with Crippen LogP contribution in [0.2, 0.25) is 0 Å². The molecule has 0 aliphatic carbocycles. The average molecular weight is 192 g/mol. The van der Waals surface area contributed by atoms with Crippen molar-refractivity contribution in [3.05, 3.63) is 37.0 Å². The summed E-state index contributed by atoms with van der Waals surface area (Å²) in [4.78, 5) is 0. The van der Waals surface area contributed by atoms with Gasteiger partial charge in [0.2, 0.25) is 0 Å². The molecule has 0 aromatic heterocycles. The Kier molecular flexibility index (Phi) is 5.52.